The Bertz CT molecular complexity index is 569. The molecule has 0 spiro atoms. The molecule has 23 heavy (non-hydrogen) atoms. The largest absolute Gasteiger partial charge is 0.378 e. The summed E-state index contributed by atoms with van der Waals surface area (Å²) in [4.78, 5) is 4.32. The number of hydrogen-bond acceptors (Lipinski definition) is 5. The van der Waals surface area contributed by atoms with Crippen molar-refractivity contribution >= 4 is 17.3 Å². The van der Waals surface area contributed by atoms with Gasteiger partial charge in [-0.1, -0.05) is 39.0 Å². The quantitative estimate of drug-likeness (QED) is 0.637. The molecule has 0 radical (unpaired) electrons. The molecule has 1 heterocycles. The van der Waals surface area contributed by atoms with Gasteiger partial charge in [0, 0.05) is 31.5 Å². The highest BCUT2D eigenvalue weighted by Gasteiger charge is 2.58. The number of ether oxygens (including phenoxy) is 1. The summed E-state index contributed by atoms with van der Waals surface area (Å²) in [6.45, 7) is 11.5. The third kappa shape index (κ3) is 3.50. The van der Waals surface area contributed by atoms with Gasteiger partial charge in [0.15, 0.2) is 5.96 Å². The standard InChI is InChI=1S/C16H29N5OS/c1-10(2)13-21-20-12(23-13)9-18-14(17-6)19-11-8-16(5,22-7)15(11,3)4/h10-11H,8-9H2,1-7H3,(H2,17,18,19). The van der Waals surface area contributed by atoms with Crippen molar-refractivity contribution < 1.29 is 4.74 Å². The average molecular weight is 340 g/mol. The molecular weight excluding hydrogens is 310 g/mol. The first kappa shape index (κ1) is 18.1. The molecule has 0 bridgehead atoms. The number of hydrogen-bond donors (Lipinski definition) is 2. The van der Waals surface area contributed by atoms with Crippen LogP contribution in [-0.2, 0) is 11.3 Å². The zero-order chi connectivity index (χ0) is 17.3. The van der Waals surface area contributed by atoms with Crippen LogP contribution in [0.3, 0.4) is 0 Å². The first-order valence-corrected chi connectivity index (χ1v) is 8.89. The molecule has 0 aromatic carbocycles. The minimum atomic E-state index is -0.0884. The molecule has 2 unspecified atom stereocenters. The number of aliphatic imine (C=N–C) groups is 1. The van der Waals surface area contributed by atoms with Crippen molar-refractivity contribution in [3.63, 3.8) is 0 Å². The van der Waals surface area contributed by atoms with Crippen molar-refractivity contribution in [3.05, 3.63) is 10.0 Å². The van der Waals surface area contributed by atoms with Crippen LogP contribution in [0.5, 0.6) is 0 Å². The lowest BCUT2D eigenvalue weighted by atomic mass is 9.56. The van der Waals surface area contributed by atoms with E-state index in [1.165, 1.54) is 0 Å². The molecule has 2 rings (SSSR count). The van der Waals surface area contributed by atoms with Gasteiger partial charge in [-0.2, -0.15) is 0 Å². The van der Waals surface area contributed by atoms with Crippen molar-refractivity contribution in [1.29, 1.82) is 0 Å². The fourth-order valence-electron chi connectivity index (χ4n) is 2.81. The number of aromatic nitrogens is 2. The summed E-state index contributed by atoms with van der Waals surface area (Å²) in [6, 6.07) is 0.333. The van der Waals surface area contributed by atoms with Gasteiger partial charge in [0.25, 0.3) is 0 Å². The van der Waals surface area contributed by atoms with Gasteiger partial charge >= 0.3 is 0 Å². The maximum Gasteiger partial charge on any atom is 0.191 e. The summed E-state index contributed by atoms with van der Waals surface area (Å²) >= 11 is 1.65. The Morgan fingerprint density at radius 2 is 2.09 bits per heavy atom. The van der Waals surface area contributed by atoms with E-state index < -0.39 is 0 Å². The van der Waals surface area contributed by atoms with Crippen LogP contribution in [0.15, 0.2) is 4.99 Å². The van der Waals surface area contributed by atoms with E-state index in [-0.39, 0.29) is 11.0 Å². The van der Waals surface area contributed by atoms with E-state index in [0.29, 0.717) is 18.5 Å². The van der Waals surface area contributed by atoms with Crippen molar-refractivity contribution in [2.45, 2.75) is 65.1 Å². The van der Waals surface area contributed by atoms with Crippen LogP contribution >= 0.6 is 11.3 Å². The minimum Gasteiger partial charge on any atom is -0.378 e. The number of nitrogens with one attached hydrogen (secondary N) is 2. The van der Waals surface area contributed by atoms with E-state index in [2.05, 4.69) is 60.4 Å². The van der Waals surface area contributed by atoms with Gasteiger partial charge in [-0.15, -0.1) is 10.2 Å². The number of rotatable bonds is 5. The second-order valence-electron chi connectivity index (χ2n) is 7.17. The first-order chi connectivity index (χ1) is 10.7. The molecule has 1 aliphatic rings. The number of methoxy groups -OCH3 is 1. The molecule has 2 atom stereocenters. The van der Waals surface area contributed by atoms with Crippen molar-refractivity contribution in [3.8, 4) is 0 Å². The highest BCUT2D eigenvalue weighted by atomic mass is 32.1. The van der Waals surface area contributed by atoms with Gasteiger partial charge < -0.3 is 15.4 Å². The highest BCUT2D eigenvalue weighted by Crippen LogP contribution is 2.51. The van der Waals surface area contributed by atoms with Crippen LogP contribution in [0.4, 0.5) is 0 Å². The summed E-state index contributed by atoms with van der Waals surface area (Å²) in [5, 5.41) is 17.3. The Labute approximate surface area is 143 Å². The molecule has 1 fully saturated rings. The Kier molecular flexibility index (Phi) is 5.30. The van der Waals surface area contributed by atoms with E-state index in [1.807, 2.05) is 0 Å². The van der Waals surface area contributed by atoms with Gasteiger partial charge in [0.05, 0.1) is 12.1 Å². The summed E-state index contributed by atoms with van der Waals surface area (Å²) in [5.41, 5.74) is -0.0398. The molecule has 1 aromatic heterocycles. The maximum atomic E-state index is 5.67. The summed E-state index contributed by atoms with van der Waals surface area (Å²) in [5.74, 6) is 1.21. The van der Waals surface area contributed by atoms with Gasteiger partial charge in [0.1, 0.15) is 10.0 Å². The van der Waals surface area contributed by atoms with Crippen LogP contribution in [0, 0.1) is 5.41 Å². The lowest BCUT2D eigenvalue weighted by Gasteiger charge is -2.59. The third-order valence-corrected chi connectivity index (χ3v) is 6.42. The van der Waals surface area contributed by atoms with Crippen molar-refractivity contribution in [2.75, 3.05) is 14.2 Å². The second-order valence-corrected chi connectivity index (χ2v) is 8.27. The Morgan fingerprint density at radius 3 is 2.57 bits per heavy atom. The van der Waals surface area contributed by atoms with Crippen LogP contribution < -0.4 is 10.6 Å². The minimum absolute atomic E-state index is 0.0485. The monoisotopic (exact) mass is 339 g/mol. The third-order valence-electron chi connectivity index (χ3n) is 5.20. The zero-order valence-corrected chi connectivity index (χ0v) is 16.0. The molecule has 2 N–H and O–H groups in total. The fraction of sp³-hybridized carbons (Fsp3) is 0.812. The van der Waals surface area contributed by atoms with E-state index in [9.17, 15) is 0 Å². The van der Waals surface area contributed by atoms with Gasteiger partial charge in [-0.05, 0) is 13.3 Å². The molecule has 6 nitrogen and oxygen atoms in total. The van der Waals surface area contributed by atoms with Crippen LogP contribution in [0.25, 0.3) is 0 Å². The molecule has 0 aliphatic heterocycles. The summed E-state index contributed by atoms with van der Waals surface area (Å²) < 4.78 is 5.67. The summed E-state index contributed by atoms with van der Waals surface area (Å²) in [6.07, 6.45) is 0.966. The van der Waals surface area contributed by atoms with Crippen LogP contribution in [0.2, 0.25) is 0 Å². The normalized spacial score (nSPS) is 27.0. The SMILES string of the molecule is CN=C(NCc1nnc(C(C)C)s1)NC1CC(C)(OC)C1(C)C. The molecule has 130 valence electrons. The van der Waals surface area contributed by atoms with Crippen molar-refractivity contribution in [2.24, 2.45) is 10.4 Å². The molecule has 7 heteroatoms. The molecule has 0 amide bonds. The maximum absolute atomic E-state index is 5.67. The molecule has 1 aliphatic carbocycles. The van der Waals surface area contributed by atoms with Crippen LogP contribution in [-0.4, -0.2) is 42.0 Å². The molecule has 1 saturated carbocycles. The Hall–Kier alpha value is -1.21. The lowest BCUT2D eigenvalue weighted by molar-refractivity contribution is -0.176. The topological polar surface area (TPSA) is 71.4 Å². The van der Waals surface area contributed by atoms with Gasteiger partial charge in [-0.3, -0.25) is 4.99 Å². The van der Waals surface area contributed by atoms with E-state index >= 15 is 0 Å². The first-order valence-electron chi connectivity index (χ1n) is 8.08. The Balaban J connectivity index is 1.89. The smallest absolute Gasteiger partial charge is 0.191 e. The predicted molar refractivity (Wildman–Crippen MR) is 94.9 cm³/mol. The van der Waals surface area contributed by atoms with E-state index in [0.717, 1.165) is 22.4 Å². The highest BCUT2D eigenvalue weighted by molar-refractivity contribution is 7.11. The summed E-state index contributed by atoms with van der Waals surface area (Å²) in [7, 11) is 3.57. The Morgan fingerprint density at radius 1 is 1.39 bits per heavy atom. The van der Waals surface area contributed by atoms with E-state index in [1.54, 1.807) is 25.5 Å². The number of guanidine groups is 1. The van der Waals surface area contributed by atoms with Gasteiger partial charge in [0.2, 0.25) is 0 Å². The number of nitrogens with zero attached hydrogens (tertiary/aromatic N) is 3. The predicted octanol–water partition coefficient (Wildman–Crippen LogP) is 2.53. The molecule has 1 aromatic rings. The molecular formula is C16H29N5OS. The lowest BCUT2D eigenvalue weighted by Crippen LogP contribution is -2.69. The average Bonchev–Trinajstić information content (AvgIpc) is 2.99. The van der Waals surface area contributed by atoms with Crippen molar-refractivity contribution in [1.82, 2.24) is 20.8 Å². The second kappa shape index (κ2) is 6.73. The fourth-order valence-corrected chi connectivity index (χ4v) is 3.60. The zero-order valence-electron chi connectivity index (χ0n) is 15.2. The molecule has 0 saturated heterocycles. The van der Waals surface area contributed by atoms with E-state index in [4.69, 9.17) is 4.74 Å². The van der Waals surface area contributed by atoms with Gasteiger partial charge in [-0.25, -0.2) is 0 Å². The van der Waals surface area contributed by atoms with Crippen LogP contribution in [0.1, 0.15) is 57.0 Å².